The molecule has 0 aromatic heterocycles. The van der Waals surface area contributed by atoms with E-state index in [-0.39, 0.29) is 0 Å². The zero-order valence-electron chi connectivity index (χ0n) is 6.97. The van der Waals surface area contributed by atoms with Crippen molar-refractivity contribution in [3.8, 4) is 12.3 Å². The van der Waals surface area contributed by atoms with E-state index >= 15 is 0 Å². The fourth-order valence-corrected chi connectivity index (χ4v) is 2.70. The van der Waals surface area contributed by atoms with Crippen LogP contribution in [-0.4, -0.2) is 24.1 Å². The molecule has 0 aliphatic carbocycles. The molecule has 1 rings (SSSR count). The molecule has 0 aromatic rings. The SMILES string of the molecule is C#CC(NCC)C1CCSC1. The maximum Gasteiger partial charge on any atom is 0.0723 e. The number of terminal acetylenes is 1. The van der Waals surface area contributed by atoms with Crippen LogP contribution in [0.3, 0.4) is 0 Å². The Kier molecular flexibility index (Phi) is 3.82. The van der Waals surface area contributed by atoms with E-state index in [4.69, 9.17) is 6.42 Å². The topological polar surface area (TPSA) is 12.0 Å². The van der Waals surface area contributed by atoms with Gasteiger partial charge in [0.25, 0.3) is 0 Å². The van der Waals surface area contributed by atoms with E-state index in [9.17, 15) is 0 Å². The van der Waals surface area contributed by atoms with Gasteiger partial charge in [0.2, 0.25) is 0 Å². The fourth-order valence-electron chi connectivity index (χ4n) is 1.40. The van der Waals surface area contributed by atoms with Gasteiger partial charge in [-0.25, -0.2) is 0 Å². The molecule has 2 unspecified atom stereocenters. The van der Waals surface area contributed by atoms with Crippen LogP contribution in [0.15, 0.2) is 0 Å². The van der Waals surface area contributed by atoms with Crippen LogP contribution in [0.2, 0.25) is 0 Å². The van der Waals surface area contributed by atoms with E-state index in [1.807, 2.05) is 11.8 Å². The Labute approximate surface area is 73.3 Å². The van der Waals surface area contributed by atoms with Crippen molar-refractivity contribution in [2.45, 2.75) is 19.4 Å². The zero-order valence-corrected chi connectivity index (χ0v) is 7.79. The zero-order chi connectivity index (χ0) is 8.10. The van der Waals surface area contributed by atoms with Gasteiger partial charge in [-0.2, -0.15) is 11.8 Å². The van der Waals surface area contributed by atoms with Crippen LogP contribution in [0.1, 0.15) is 13.3 Å². The lowest BCUT2D eigenvalue weighted by atomic mass is 10.0. The first kappa shape index (κ1) is 8.96. The second kappa shape index (κ2) is 4.69. The summed E-state index contributed by atoms with van der Waals surface area (Å²) in [5, 5.41) is 3.32. The van der Waals surface area contributed by atoms with E-state index < -0.39 is 0 Å². The van der Waals surface area contributed by atoms with Gasteiger partial charge in [0, 0.05) is 0 Å². The number of nitrogens with one attached hydrogen (secondary N) is 1. The van der Waals surface area contributed by atoms with E-state index in [1.54, 1.807) is 0 Å². The molecule has 0 radical (unpaired) electrons. The molecule has 1 fully saturated rings. The van der Waals surface area contributed by atoms with Crippen molar-refractivity contribution in [1.29, 1.82) is 0 Å². The molecular weight excluding hydrogens is 154 g/mol. The van der Waals surface area contributed by atoms with Crippen LogP contribution < -0.4 is 5.32 Å². The Hall–Kier alpha value is -0.130. The van der Waals surface area contributed by atoms with Crippen LogP contribution in [0, 0.1) is 18.3 Å². The van der Waals surface area contributed by atoms with Crippen molar-refractivity contribution >= 4 is 11.8 Å². The normalized spacial score (nSPS) is 26.4. The smallest absolute Gasteiger partial charge is 0.0723 e. The van der Waals surface area contributed by atoms with Crippen LogP contribution in [0.5, 0.6) is 0 Å². The summed E-state index contributed by atoms with van der Waals surface area (Å²) >= 11 is 2.02. The highest BCUT2D eigenvalue weighted by Crippen LogP contribution is 2.25. The van der Waals surface area contributed by atoms with Gasteiger partial charge < -0.3 is 5.32 Å². The summed E-state index contributed by atoms with van der Waals surface area (Å²) in [6, 6.07) is 0.315. The van der Waals surface area contributed by atoms with Gasteiger partial charge in [-0.1, -0.05) is 12.8 Å². The quantitative estimate of drug-likeness (QED) is 0.640. The van der Waals surface area contributed by atoms with Crippen molar-refractivity contribution in [2.24, 2.45) is 5.92 Å². The van der Waals surface area contributed by atoms with Crippen molar-refractivity contribution in [3.05, 3.63) is 0 Å². The number of hydrogen-bond donors (Lipinski definition) is 1. The van der Waals surface area contributed by atoms with Crippen molar-refractivity contribution in [2.75, 3.05) is 18.1 Å². The Balaban J connectivity index is 2.35. The Morgan fingerprint density at radius 3 is 3.09 bits per heavy atom. The van der Waals surface area contributed by atoms with Gasteiger partial charge in [0.05, 0.1) is 6.04 Å². The lowest BCUT2D eigenvalue weighted by Crippen LogP contribution is -2.34. The molecule has 2 heteroatoms. The summed E-state index contributed by atoms with van der Waals surface area (Å²) < 4.78 is 0. The van der Waals surface area contributed by atoms with E-state index in [2.05, 4.69) is 18.2 Å². The third-order valence-electron chi connectivity index (χ3n) is 2.04. The molecule has 1 nitrogen and oxygen atoms in total. The standard InChI is InChI=1S/C9H15NS/c1-3-9(10-4-2)8-5-6-11-7-8/h1,8-10H,4-7H2,2H3. The highest BCUT2D eigenvalue weighted by molar-refractivity contribution is 7.99. The van der Waals surface area contributed by atoms with Crippen LogP contribution in [-0.2, 0) is 0 Å². The van der Waals surface area contributed by atoms with E-state index in [0.717, 1.165) is 6.54 Å². The number of thioether (sulfide) groups is 1. The molecule has 1 aliphatic heterocycles. The molecule has 1 saturated heterocycles. The van der Waals surface area contributed by atoms with Gasteiger partial charge in [-0.05, 0) is 30.4 Å². The number of rotatable bonds is 3. The van der Waals surface area contributed by atoms with Crippen molar-refractivity contribution < 1.29 is 0 Å². The molecule has 1 heterocycles. The molecule has 2 atom stereocenters. The maximum absolute atomic E-state index is 5.42. The predicted molar refractivity (Wildman–Crippen MR) is 51.7 cm³/mol. The summed E-state index contributed by atoms with van der Waals surface area (Å²) in [6.07, 6.45) is 6.70. The highest BCUT2D eigenvalue weighted by Gasteiger charge is 2.22. The number of hydrogen-bond acceptors (Lipinski definition) is 2. The fraction of sp³-hybridized carbons (Fsp3) is 0.778. The lowest BCUT2D eigenvalue weighted by molar-refractivity contribution is 0.463. The molecule has 62 valence electrons. The van der Waals surface area contributed by atoms with Gasteiger partial charge >= 0.3 is 0 Å². The average molecular weight is 169 g/mol. The van der Waals surface area contributed by atoms with Crippen LogP contribution in [0.4, 0.5) is 0 Å². The molecule has 1 N–H and O–H groups in total. The Bertz CT molecular complexity index is 144. The predicted octanol–water partition coefficient (Wildman–Crippen LogP) is 1.35. The van der Waals surface area contributed by atoms with Gasteiger partial charge in [0.1, 0.15) is 0 Å². The third-order valence-corrected chi connectivity index (χ3v) is 3.23. The first-order chi connectivity index (χ1) is 5.38. The summed E-state index contributed by atoms with van der Waals surface area (Å²) in [7, 11) is 0. The molecule has 0 aromatic carbocycles. The van der Waals surface area contributed by atoms with E-state index in [1.165, 1.54) is 17.9 Å². The van der Waals surface area contributed by atoms with Gasteiger partial charge in [-0.15, -0.1) is 6.42 Å². The lowest BCUT2D eigenvalue weighted by Gasteiger charge is -2.17. The Morgan fingerprint density at radius 1 is 1.82 bits per heavy atom. The molecule has 0 amide bonds. The third kappa shape index (κ3) is 2.43. The van der Waals surface area contributed by atoms with Crippen LogP contribution in [0.25, 0.3) is 0 Å². The van der Waals surface area contributed by atoms with Gasteiger partial charge in [0.15, 0.2) is 0 Å². The summed E-state index contributed by atoms with van der Waals surface area (Å²) in [4.78, 5) is 0. The summed E-state index contributed by atoms with van der Waals surface area (Å²) in [5.74, 6) is 6.06. The van der Waals surface area contributed by atoms with Crippen LogP contribution >= 0.6 is 11.8 Å². The summed E-state index contributed by atoms with van der Waals surface area (Å²) in [6.45, 7) is 3.09. The van der Waals surface area contributed by atoms with Crippen molar-refractivity contribution in [3.63, 3.8) is 0 Å². The minimum Gasteiger partial charge on any atom is -0.304 e. The molecule has 0 bridgehead atoms. The molecule has 0 saturated carbocycles. The van der Waals surface area contributed by atoms with Crippen molar-refractivity contribution in [1.82, 2.24) is 5.32 Å². The largest absolute Gasteiger partial charge is 0.304 e. The monoisotopic (exact) mass is 169 g/mol. The molecule has 0 spiro atoms. The highest BCUT2D eigenvalue weighted by atomic mass is 32.2. The Morgan fingerprint density at radius 2 is 2.64 bits per heavy atom. The van der Waals surface area contributed by atoms with Gasteiger partial charge in [-0.3, -0.25) is 0 Å². The average Bonchev–Trinajstić information content (AvgIpc) is 2.52. The second-order valence-electron chi connectivity index (χ2n) is 2.83. The minimum atomic E-state index is 0.315. The maximum atomic E-state index is 5.42. The molecular formula is C9H15NS. The molecule has 11 heavy (non-hydrogen) atoms. The summed E-state index contributed by atoms with van der Waals surface area (Å²) in [5.41, 5.74) is 0. The van der Waals surface area contributed by atoms with E-state index in [0.29, 0.717) is 12.0 Å². The minimum absolute atomic E-state index is 0.315. The second-order valence-corrected chi connectivity index (χ2v) is 3.98. The first-order valence-electron chi connectivity index (χ1n) is 4.15. The molecule has 1 aliphatic rings. The first-order valence-corrected chi connectivity index (χ1v) is 5.31.